The molecular weight excluding hydrogens is 276 g/mol. The van der Waals surface area contributed by atoms with Crippen molar-refractivity contribution >= 4 is 28.9 Å². The fourth-order valence-corrected chi connectivity index (χ4v) is 1.75. The van der Waals surface area contributed by atoms with Crippen molar-refractivity contribution < 1.29 is 9.13 Å². The molecule has 5 heteroatoms. The Hall–Kier alpha value is -1.45. The molecule has 0 saturated heterocycles. The van der Waals surface area contributed by atoms with Crippen molar-refractivity contribution in [1.82, 2.24) is 0 Å². The molecule has 2 rings (SSSR count). The van der Waals surface area contributed by atoms with Gasteiger partial charge in [-0.1, -0.05) is 29.3 Å². The highest BCUT2D eigenvalue weighted by Gasteiger charge is 2.06. The summed E-state index contributed by atoms with van der Waals surface area (Å²) < 4.78 is 18.9. The first-order chi connectivity index (χ1) is 8.56. The van der Waals surface area contributed by atoms with Crippen LogP contribution in [0.1, 0.15) is 5.56 Å². The number of anilines is 1. The summed E-state index contributed by atoms with van der Waals surface area (Å²) in [7, 11) is 0. The van der Waals surface area contributed by atoms with Gasteiger partial charge in [-0.3, -0.25) is 0 Å². The SMILES string of the molecule is Nc1ccc(Cl)cc1OCc1ccc(Cl)cc1F. The van der Waals surface area contributed by atoms with Gasteiger partial charge in [0.2, 0.25) is 0 Å². The summed E-state index contributed by atoms with van der Waals surface area (Å²) in [4.78, 5) is 0. The Morgan fingerprint density at radius 3 is 2.44 bits per heavy atom. The number of hydrogen-bond donors (Lipinski definition) is 1. The third-order valence-corrected chi connectivity index (χ3v) is 2.84. The van der Waals surface area contributed by atoms with Crippen LogP contribution in [0.5, 0.6) is 5.75 Å². The van der Waals surface area contributed by atoms with Crippen molar-refractivity contribution in [2.24, 2.45) is 0 Å². The highest BCUT2D eigenvalue weighted by molar-refractivity contribution is 6.31. The summed E-state index contributed by atoms with van der Waals surface area (Å²) in [5.74, 6) is 0.0138. The van der Waals surface area contributed by atoms with E-state index in [0.717, 1.165) is 0 Å². The minimum absolute atomic E-state index is 0.0630. The van der Waals surface area contributed by atoms with Gasteiger partial charge in [-0.25, -0.2) is 4.39 Å². The molecule has 2 N–H and O–H groups in total. The molecule has 0 heterocycles. The third-order valence-electron chi connectivity index (χ3n) is 2.37. The lowest BCUT2D eigenvalue weighted by Crippen LogP contribution is -2.00. The average Bonchev–Trinajstić information content (AvgIpc) is 2.32. The van der Waals surface area contributed by atoms with E-state index in [2.05, 4.69) is 0 Å². The first kappa shape index (κ1) is 13.0. The number of halogens is 3. The van der Waals surface area contributed by atoms with E-state index in [4.69, 9.17) is 33.7 Å². The van der Waals surface area contributed by atoms with E-state index in [1.54, 1.807) is 30.3 Å². The molecule has 0 aliphatic heterocycles. The van der Waals surface area contributed by atoms with Gasteiger partial charge in [-0.15, -0.1) is 0 Å². The maximum atomic E-state index is 13.5. The van der Waals surface area contributed by atoms with Crippen LogP contribution in [0.25, 0.3) is 0 Å². The van der Waals surface area contributed by atoms with E-state index >= 15 is 0 Å². The molecule has 0 spiro atoms. The Balaban J connectivity index is 2.13. The molecule has 2 aromatic rings. The molecule has 18 heavy (non-hydrogen) atoms. The van der Waals surface area contributed by atoms with Crippen LogP contribution in [0.2, 0.25) is 10.0 Å². The van der Waals surface area contributed by atoms with Gasteiger partial charge in [0, 0.05) is 21.7 Å². The van der Waals surface area contributed by atoms with E-state index in [-0.39, 0.29) is 6.61 Å². The van der Waals surface area contributed by atoms with Crippen LogP contribution in [-0.4, -0.2) is 0 Å². The Morgan fingerprint density at radius 1 is 1.06 bits per heavy atom. The number of ether oxygens (including phenoxy) is 1. The second kappa shape index (κ2) is 5.46. The monoisotopic (exact) mass is 285 g/mol. The molecule has 0 unspecified atom stereocenters. The molecular formula is C13H10Cl2FNO. The highest BCUT2D eigenvalue weighted by atomic mass is 35.5. The number of nitrogen functional groups attached to an aromatic ring is 1. The molecule has 0 aliphatic carbocycles. The van der Waals surface area contributed by atoms with Crippen LogP contribution in [0.4, 0.5) is 10.1 Å². The molecule has 2 nitrogen and oxygen atoms in total. The number of hydrogen-bond acceptors (Lipinski definition) is 2. The topological polar surface area (TPSA) is 35.2 Å². The second-order valence-corrected chi connectivity index (χ2v) is 4.58. The predicted molar refractivity (Wildman–Crippen MR) is 71.6 cm³/mol. The normalized spacial score (nSPS) is 10.4. The Kier molecular flexibility index (Phi) is 3.94. The van der Waals surface area contributed by atoms with Crippen LogP contribution >= 0.6 is 23.2 Å². The third kappa shape index (κ3) is 3.06. The molecule has 0 saturated carbocycles. The fraction of sp³-hybridized carbons (Fsp3) is 0.0769. The second-order valence-electron chi connectivity index (χ2n) is 3.71. The minimum atomic E-state index is -0.414. The van der Waals surface area contributed by atoms with Crippen LogP contribution in [0, 0.1) is 5.82 Å². The van der Waals surface area contributed by atoms with Gasteiger partial charge >= 0.3 is 0 Å². The van der Waals surface area contributed by atoms with Crippen molar-refractivity contribution in [3.63, 3.8) is 0 Å². The minimum Gasteiger partial charge on any atom is -0.487 e. The van der Waals surface area contributed by atoms with Crippen molar-refractivity contribution in [2.45, 2.75) is 6.61 Å². The van der Waals surface area contributed by atoms with Gasteiger partial charge in [0.1, 0.15) is 18.2 Å². The Labute approximate surface area is 114 Å². The smallest absolute Gasteiger partial charge is 0.144 e. The van der Waals surface area contributed by atoms with Gasteiger partial charge < -0.3 is 10.5 Å². The quantitative estimate of drug-likeness (QED) is 0.854. The standard InChI is InChI=1S/C13H10Cl2FNO/c14-9-2-1-8(11(16)5-9)7-18-13-6-10(15)3-4-12(13)17/h1-6H,7,17H2. The zero-order valence-electron chi connectivity index (χ0n) is 9.29. The van der Waals surface area contributed by atoms with E-state index in [1.165, 1.54) is 6.07 Å². The van der Waals surface area contributed by atoms with Crippen LogP contribution in [-0.2, 0) is 6.61 Å². The molecule has 0 aliphatic rings. The molecule has 0 aromatic heterocycles. The van der Waals surface area contributed by atoms with E-state index in [0.29, 0.717) is 27.0 Å². The van der Waals surface area contributed by atoms with Crippen molar-refractivity contribution in [3.05, 3.63) is 57.8 Å². The Morgan fingerprint density at radius 2 is 1.72 bits per heavy atom. The first-order valence-electron chi connectivity index (χ1n) is 5.18. The van der Waals surface area contributed by atoms with Crippen LogP contribution < -0.4 is 10.5 Å². The highest BCUT2D eigenvalue weighted by Crippen LogP contribution is 2.26. The summed E-state index contributed by atoms with van der Waals surface area (Å²) in [6.07, 6.45) is 0. The van der Waals surface area contributed by atoms with E-state index < -0.39 is 5.82 Å². The summed E-state index contributed by atoms with van der Waals surface area (Å²) in [5.41, 5.74) is 6.57. The molecule has 2 aromatic carbocycles. The largest absolute Gasteiger partial charge is 0.487 e. The summed E-state index contributed by atoms with van der Waals surface area (Å²) >= 11 is 11.5. The maximum absolute atomic E-state index is 13.5. The van der Waals surface area contributed by atoms with Crippen LogP contribution in [0.15, 0.2) is 36.4 Å². The van der Waals surface area contributed by atoms with Crippen molar-refractivity contribution in [1.29, 1.82) is 0 Å². The van der Waals surface area contributed by atoms with Crippen molar-refractivity contribution in [3.8, 4) is 5.75 Å². The predicted octanol–water partition coefficient (Wildman–Crippen LogP) is 4.29. The molecule has 0 amide bonds. The first-order valence-corrected chi connectivity index (χ1v) is 5.93. The summed E-state index contributed by atoms with van der Waals surface area (Å²) in [5, 5.41) is 0.856. The van der Waals surface area contributed by atoms with Gasteiger partial charge in [0.25, 0.3) is 0 Å². The number of benzene rings is 2. The number of nitrogens with two attached hydrogens (primary N) is 1. The fourth-order valence-electron chi connectivity index (χ4n) is 1.43. The zero-order valence-corrected chi connectivity index (χ0v) is 10.8. The lowest BCUT2D eigenvalue weighted by Gasteiger charge is -2.10. The maximum Gasteiger partial charge on any atom is 0.144 e. The lowest BCUT2D eigenvalue weighted by atomic mass is 10.2. The Bertz CT molecular complexity index is 575. The van der Waals surface area contributed by atoms with Gasteiger partial charge in [0.15, 0.2) is 0 Å². The van der Waals surface area contributed by atoms with Gasteiger partial charge in [-0.05, 0) is 24.3 Å². The van der Waals surface area contributed by atoms with E-state index in [1.807, 2.05) is 0 Å². The summed E-state index contributed by atoms with van der Waals surface area (Å²) in [6, 6.07) is 9.29. The summed E-state index contributed by atoms with van der Waals surface area (Å²) in [6.45, 7) is 0.0630. The molecule has 0 bridgehead atoms. The number of rotatable bonds is 3. The molecule has 94 valence electrons. The molecule has 0 radical (unpaired) electrons. The van der Waals surface area contributed by atoms with Crippen LogP contribution in [0.3, 0.4) is 0 Å². The van der Waals surface area contributed by atoms with E-state index in [9.17, 15) is 4.39 Å². The average molecular weight is 286 g/mol. The molecule has 0 atom stereocenters. The lowest BCUT2D eigenvalue weighted by molar-refractivity contribution is 0.301. The van der Waals surface area contributed by atoms with Crippen molar-refractivity contribution in [2.75, 3.05) is 5.73 Å². The van der Waals surface area contributed by atoms with Gasteiger partial charge in [-0.2, -0.15) is 0 Å². The molecule has 0 fully saturated rings. The van der Waals surface area contributed by atoms with Gasteiger partial charge in [0.05, 0.1) is 5.69 Å². The zero-order chi connectivity index (χ0) is 13.1.